The van der Waals surface area contributed by atoms with E-state index in [1.54, 1.807) is 0 Å². The van der Waals surface area contributed by atoms with Gasteiger partial charge in [0.05, 0.1) is 12.5 Å². The summed E-state index contributed by atoms with van der Waals surface area (Å²) in [4.78, 5) is 0. The van der Waals surface area contributed by atoms with Gasteiger partial charge in [-0.05, 0) is 24.1 Å². The lowest BCUT2D eigenvalue weighted by Gasteiger charge is -1.98. The lowest BCUT2D eigenvalue weighted by molar-refractivity contribution is 1.36. The van der Waals surface area contributed by atoms with E-state index in [4.69, 9.17) is 5.26 Å². The largest absolute Gasteiger partial charge is 0.198 e. The van der Waals surface area contributed by atoms with Crippen molar-refractivity contribution in [2.75, 3.05) is 0 Å². The van der Waals surface area contributed by atoms with Crippen LogP contribution in [0, 0.1) is 18.3 Å². The van der Waals surface area contributed by atoms with Crippen molar-refractivity contribution in [3.05, 3.63) is 39.9 Å². The Morgan fingerprint density at radius 3 is 2.92 bits per heavy atom. The molecule has 2 heteroatoms. The van der Waals surface area contributed by atoms with Gasteiger partial charge < -0.3 is 0 Å². The van der Waals surface area contributed by atoms with Gasteiger partial charge in [-0.1, -0.05) is 40.2 Å². The van der Waals surface area contributed by atoms with Gasteiger partial charge in [-0.3, -0.25) is 0 Å². The van der Waals surface area contributed by atoms with Crippen molar-refractivity contribution < 1.29 is 0 Å². The van der Waals surface area contributed by atoms with Gasteiger partial charge in [0, 0.05) is 4.47 Å². The first-order valence-electron chi connectivity index (χ1n) is 4.03. The molecule has 0 spiro atoms. The smallest absolute Gasteiger partial charge is 0.0663 e. The summed E-state index contributed by atoms with van der Waals surface area (Å²) in [7, 11) is 0. The van der Waals surface area contributed by atoms with Crippen molar-refractivity contribution >= 4 is 22.0 Å². The monoisotopic (exact) mass is 235 g/mol. The van der Waals surface area contributed by atoms with E-state index in [0.717, 1.165) is 10.0 Å². The van der Waals surface area contributed by atoms with Crippen molar-refractivity contribution in [3.8, 4) is 6.07 Å². The van der Waals surface area contributed by atoms with Crippen LogP contribution in [0.4, 0.5) is 0 Å². The zero-order chi connectivity index (χ0) is 9.68. The number of hydrogen-bond acceptors (Lipinski definition) is 1. The van der Waals surface area contributed by atoms with Gasteiger partial charge in [0.25, 0.3) is 0 Å². The Kier molecular flexibility index (Phi) is 3.72. The molecule has 0 saturated carbocycles. The molecule has 0 unspecified atom stereocenters. The maximum atomic E-state index is 8.33. The van der Waals surface area contributed by atoms with Crippen LogP contribution in [0.5, 0.6) is 0 Å². The molecule has 0 heterocycles. The van der Waals surface area contributed by atoms with Crippen LogP contribution < -0.4 is 0 Å². The van der Waals surface area contributed by atoms with Gasteiger partial charge in [0.15, 0.2) is 0 Å². The van der Waals surface area contributed by atoms with Crippen molar-refractivity contribution in [2.45, 2.75) is 13.3 Å². The molecular formula is C11H10BrN. The van der Waals surface area contributed by atoms with Crippen molar-refractivity contribution in [1.82, 2.24) is 0 Å². The highest BCUT2D eigenvalue weighted by Gasteiger charge is 1.93. The van der Waals surface area contributed by atoms with Gasteiger partial charge in [-0.25, -0.2) is 0 Å². The number of nitrogens with zero attached hydrogens (tertiary/aromatic N) is 1. The predicted octanol–water partition coefficient (Wildman–Crippen LogP) is 3.68. The number of hydrogen-bond donors (Lipinski definition) is 0. The van der Waals surface area contributed by atoms with Crippen molar-refractivity contribution in [1.29, 1.82) is 5.26 Å². The molecule has 0 radical (unpaired) electrons. The molecule has 66 valence electrons. The third-order valence-electron chi connectivity index (χ3n) is 1.70. The standard InChI is InChI=1S/C11H10BrN/c1-9-8-10(4-2-3-7-13)5-6-11(9)12/h2,4-6,8H,3H2,1H3. The van der Waals surface area contributed by atoms with Crippen LogP contribution in [-0.2, 0) is 0 Å². The second kappa shape index (κ2) is 4.84. The second-order valence-corrected chi connectivity index (χ2v) is 3.63. The summed E-state index contributed by atoms with van der Waals surface area (Å²) < 4.78 is 1.12. The zero-order valence-corrected chi connectivity index (χ0v) is 9.01. The van der Waals surface area contributed by atoms with Crippen LogP contribution in [0.15, 0.2) is 28.7 Å². The molecule has 0 N–H and O–H groups in total. The highest BCUT2D eigenvalue weighted by molar-refractivity contribution is 9.10. The fourth-order valence-corrected chi connectivity index (χ4v) is 1.27. The number of rotatable bonds is 2. The Hall–Kier alpha value is -1.07. The molecule has 0 aliphatic rings. The third-order valence-corrected chi connectivity index (χ3v) is 2.59. The minimum atomic E-state index is 0.467. The van der Waals surface area contributed by atoms with Crippen molar-refractivity contribution in [3.63, 3.8) is 0 Å². The summed E-state index contributed by atoms with van der Waals surface area (Å²) in [5, 5.41) is 8.33. The van der Waals surface area contributed by atoms with Crippen molar-refractivity contribution in [2.24, 2.45) is 0 Å². The van der Waals surface area contributed by atoms with Crippen LogP contribution in [0.25, 0.3) is 6.08 Å². The topological polar surface area (TPSA) is 23.8 Å². The molecule has 0 fully saturated rings. The fourth-order valence-electron chi connectivity index (χ4n) is 1.02. The molecule has 1 aromatic rings. The van der Waals surface area contributed by atoms with E-state index < -0.39 is 0 Å². The molecule has 13 heavy (non-hydrogen) atoms. The summed E-state index contributed by atoms with van der Waals surface area (Å²) in [6.45, 7) is 2.05. The summed E-state index contributed by atoms with van der Waals surface area (Å²) in [6.07, 6.45) is 4.29. The number of allylic oxidation sites excluding steroid dienone is 1. The van der Waals surface area contributed by atoms with Crippen LogP contribution in [0.1, 0.15) is 17.5 Å². The van der Waals surface area contributed by atoms with E-state index in [2.05, 4.69) is 28.1 Å². The van der Waals surface area contributed by atoms with Crippen LogP contribution in [-0.4, -0.2) is 0 Å². The normalized spacial score (nSPS) is 10.2. The van der Waals surface area contributed by atoms with E-state index in [1.165, 1.54) is 5.56 Å². The maximum Gasteiger partial charge on any atom is 0.0663 e. The Labute approximate surface area is 86.8 Å². The molecule has 1 aromatic carbocycles. The number of aryl methyl sites for hydroxylation is 1. The van der Waals surface area contributed by atoms with Gasteiger partial charge in [0.2, 0.25) is 0 Å². The molecule has 0 amide bonds. The average molecular weight is 236 g/mol. The molecule has 0 aliphatic carbocycles. The molecule has 1 nitrogen and oxygen atoms in total. The predicted molar refractivity (Wildman–Crippen MR) is 58.1 cm³/mol. The Morgan fingerprint density at radius 2 is 2.31 bits per heavy atom. The van der Waals surface area contributed by atoms with Crippen LogP contribution in [0.3, 0.4) is 0 Å². The highest BCUT2D eigenvalue weighted by Crippen LogP contribution is 2.17. The summed E-state index contributed by atoms with van der Waals surface area (Å²) in [6, 6.07) is 8.18. The molecule has 0 atom stereocenters. The lowest BCUT2D eigenvalue weighted by atomic mass is 10.1. The minimum Gasteiger partial charge on any atom is -0.198 e. The van der Waals surface area contributed by atoms with E-state index in [-0.39, 0.29) is 0 Å². The number of nitriles is 1. The quantitative estimate of drug-likeness (QED) is 0.768. The van der Waals surface area contributed by atoms with E-state index >= 15 is 0 Å². The minimum absolute atomic E-state index is 0.467. The Bertz CT molecular complexity index is 361. The number of halogens is 1. The van der Waals surface area contributed by atoms with E-state index in [1.807, 2.05) is 31.2 Å². The first-order valence-corrected chi connectivity index (χ1v) is 4.83. The van der Waals surface area contributed by atoms with E-state index in [0.29, 0.717) is 6.42 Å². The maximum absolute atomic E-state index is 8.33. The van der Waals surface area contributed by atoms with Crippen LogP contribution in [0.2, 0.25) is 0 Å². The second-order valence-electron chi connectivity index (χ2n) is 2.77. The van der Waals surface area contributed by atoms with Gasteiger partial charge >= 0.3 is 0 Å². The lowest BCUT2D eigenvalue weighted by Crippen LogP contribution is -1.77. The summed E-state index contributed by atoms with van der Waals surface area (Å²) >= 11 is 3.43. The molecule has 0 bridgehead atoms. The van der Waals surface area contributed by atoms with Gasteiger partial charge in [-0.15, -0.1) is 0 Å². The summed E-state index contributed by atoms with van der Waals surface area (Å²) in [5.41, 5.74) is 2.34. The average Bonchev–Trinajstić information content (AvgIpc) is 2.12. The van der Waals surface area contributed by atoms with Gasteiger partial charge in [0.1, 0.15) is 0 Å². The highest BCUT2D eigenvalue weighted by atomic mass is 79.9. The SMILES string of the molecule is Cc1cc(C=CCC#N)ccc1Br. The number of benzene rings is 1. The zero-order valence-electron chi connectivity index (χ0n) is 7.42. The first-order chi connectivity index (χ1) is 6.24. The Balaban J connectivity index is 2.81. The molecule has 0 aliphatic heterocycles. The molecular weight excluding hydrogens is 226 g/mol. The molecule has 0 aromatic heterocycles. The molecule has 1 rings (SSSR count). The third kappa shape index (κ3) is 3.04. The molecule has 0 saturated heterocycles. The Morgan fingerprint density at radius 1 is 1.54 bits per heavy atom. The fraction of sp³-hybridized carbons (Fsp3) is 0.182. The van der Waals surface area contributed by atoms with Gasteiger partial charge in [-0.2, -0.15) is 5.26 Å². The van der Waals surface area contributed by atoms with E-state index in [9.17, 15) is 0 Å². The van der Waals surface area contributed by atoms with Crippen LogP contribution >= 0.6 is 15.9 Å². The summed E-state index contributed by atoms with van der Waals surface area (Å²) in [5.74, 6) is 0. The first kappa shape index (κ1) is 10.0.